The van der Waals surface area contributed by atoms with Crippen LogP contribution in [0.25, 0.3) is 10.8 Å². The average Bonchev–Trinajstić information content (AvgIpc) is 1.53. The van der Waals surface area contributed by atoms with E-state index in [1.165, 1.54) is 62.5 Å². The number of carbonyl (C=O) groups excluding carboxylic acids is 5. The van der Waals surface area contributed by atoms with Crippen molar-refractivity contribution in [3.63, 3.8) is 0 Å². The van der Waals surface area contributed by atoms with Crippen molar-refractivity contribution in [2.45, 2.75) is 279 Å². The van der Waals surface area contributed by atoms with Crippen LogP contribution in [0.1, 0.15) is 239 Å². The number of nitrogens with one attached hydrogen (secondary N) is 2. The third-order valence-corrected chi connectivity index (χ3v) is 38.7. The van der Waals surface area contributed by atoms with Crippen LogP contribution in [0.5, 0.6) is 46.0 Å². The van der Waals surface area contributed by atoms with Gasteiger partial charge in [-0.25, -0.2) is 0 Å². The number of ether oxygens (including phenoxy) is 4. The van der Waals surface area contributed by atoms with Crippen LogP contribution in [0.2, 0.25) is 0 Å². The molecule has 10 N–H and O–H groups in total. The van der Waals surface area contributed by atoms with E-state index >= 15 is 0 Å². The molecule has 2 amide bonds. The highest BCUT2D eigenvalue weighted by molar-refractivity contribution is 5.99. The SMILES string of the molecule is Cc1cnccc1C(=O)C[C@@H]1CC[C@@]2(O)[C@H]3Cc4ccc(O)c5c4[C@@]2(CCN3CC2CC2)[C@H]1O5.O=C(CNC(=O)c1ccncc1)C[C@@H]1CC[C@@]2(O)[C@H]3Cc4ccc(O)c5c4[C@@]2(CCN3CC2CC2)[C@H]1O5.O=C(C[C@@H]1CC[C@@]2(O)[C@H]3Cc4ccc(O)c5c4[C@@]2(CCN3CC2CC2)[C@H]1O5)c1ccncc1.O=C(N[C@H]1CC[C@@]2(O)[C@H]3Cc4ccc(O)c5c4[C@@]2(CCN3CC2CC2)[C@H]1O5)c1cc2ccccc2cn1. The number of piperidine rings is 4. The lowest BCUT2D eigenvalue weighted by atomic mass is 9.47. The predicted octanol–water partition coefficient (Wildman–Crippen LogP) is 12.4. The number of pyridine rings is 4. The summed E-state index contributed by atoms with van der Waals surface area (Å²) in [6.45, 7) is 9.73. The Balaban J connectivity index is 0.0000000966. The molecule has 5 aromatic carbocycles. The van der Waals surface area contributed by atoms with Crippen molar-refractivity contribution in [2.24, 2.45) is 41.4 Å². The summed E-state index contributed by atoms with van der Waals surface area (Å²) >= 11 is 0. The van der Waals surface area contributed by atoms with Crippen LogP contribution in [-0.4, -0.2) is 245 Å². The quantitative estimate of drug-likeness (QED) is 0.0299. The van der Waals surface area contributed by atoms with E-state index in [0.29, 0.717) is 96.7 Å². The van der Waals surface area contributed by atoms with Gasteiger partial charge in [0, 0.05) is 175 Å². The molecule has 4 spiro atoms. The van der Waals surface area contributed by atoms with E-state index in [9.17, 15) is 64.8 Å². The summed E-state index contributed by atoms with van der Waals surface area (Å²) in [7, 11) is 0. The lowest BCUT2D eigenvalue weighted by molar-refractivity contribution is -0.198. The molecule has 20 atom stereocenters. The number of carbonyl (C=O) groups is 5. The Morgan fingerprint density at radius 3 is 1.17 bits per heavy atom. The van der Waals surface area contributed by atoms with E-state index in [-0.39, 0.29) is 131 Å². The molecule has 12 aliphatic carbocycles. The van der Waals surface area contributed by atoms with Gasteiger partial charge in [0.25, 0.3) is 11.8 Å². The number of amides is 2. The van der Waals surface area contributed by atoms with Gasteiger partial charge in [-0.1, -0.05) is 48.5 Å². The molecule has 9 aromatic rings. The third kappa shape index (κ3) is 13.7. The fourth-order valence-electron chi connectivity index (χ4n) is 31.6. The minimum Gasteiger partial charge on any atom is -0.504 e. The number of aromatic nitrogens is 4. The number of phenols is 4. The third-order valence-electron chi connectivity index (χ3n) is 38.7. The number of rotatable bonds is 21. The van der Waals surface area contributed by atoms with Gasteiger partial charge in [-0.2, -0.15) is 0 Å². The molecule has 27 nitrogen and oxygen atoms in total. The van der Waals surface area contributed by atoms with E-state index in [1.807, 2.05) is 61.5 Å². The zero-order chi connectivity index (χ0) is 95.9. The first-order valence-corrected chi connectivity index (χ1v) is 52.5. The number of fused-ring (bicyclic) bond motifs is 1. The van der Waals surface area contributed by atoms with Crippen LogP contribution >= 0.6 is 0 Å². The van der Waals surface area contributed by atoms with Gasteiger partial charge < -0.3 is 70.4 Å². The second kappa shape index (κ2) is 33.3. The maximum absolute atomic E-state index is 13.4. The molecule has 4 aromatic heterocycles. The van der Waals surface area contributed by atoms with Crippen LogP contribution in [0, 0.1) is 48.3 Å². The van der Waals surface area contributed by atoms with E-state index in [1.54, 1.807) is 98.0 Å². The second-order valence-electron chi connectivity index (χ2n) is 45.9. The molecule has 141 heavy (non-hydrogen) atoms. The molecular weight excluding hydrogens is 1780 g/mol. The first kappa shape index (κ1) is 90.0. The molecule has 8 saturated carbocycles. The molecule has 0 unspecified atom stereocenters. The van der Waals surface area contributed by atoms with E-state index in [0.717, 1.165) is 190 Å². The molecular formula is C114H126N10O17. The number of ketones is 3. The van der Waals surface area contributed by atoms with Crippen molar-refractivity contribution in [3.8, 4) is 46.0 Å². The van der Waals surface area contributed by atoms with Crippen molar-refractivity contribution in [1.29, 1.82) is 0 Å². The van der Waals surface area contributed by atoms with Gasteiger partial charge in [0.1, 0.15) is 30.1 Å². The molecule has 29 rings (SSSR count). The number of hydrogen-bond acceptors (Lipinski definition) is 25. The summed E-state index contributed by atoms with van der Waals surface area (Å²) in [5, 5.41) is 101. The Morgan fingerprint density at radius 2 is 0.759 bits per heavy atom. The molecule has 8 aliphatic heterocycles. The first-order valence-electron chi connectivity index (χ1n) is 52.5. The minimum atomic E-state index is -0.959. The second-order valence-corrected chi connectivity index (χ2v) is 45.9. The highest BCUT2D eigenvalue weighted by atomic mass is 16.5. The smallest absolute Gasteiger partial charge is 0.270 e. The number of benzene rings is 5. The fraction of sp³-hybridized carbons (Fsp3) is 0.535. The van der Waals surface area contributed by atoms with Crippen molar-refractivity contribution in [3.05, 3.63) is 225 Å². The van der Waals surface area contributed by atoms with E-state index in [4.69, 9.17) is 18.9 Å². The zero-order valence-electron chi connectivity index (χ0n) is 80.0. The largest absolute Gasteiger partial charge is 0.504 e. The Labute approximate surface area is 819 Å². The molecule has 8 bridgehead atoms. The van der Waals surface area contributed by atoms with Gasteiger partial charge in [-0.15, -0.1) is 0 Å². The molecule has 12 fully saturated rings. The van der Waals surface area contributed by atoms with Crippen LogP contribution < -0.4 is 29.6 Å². The molecule has 12 heterocycles. The zero-order valence-corrected chi connectivity index (χ0v) is 80.0. The fourth-order valence-corrected chi connectivity index (χ4v) is 31.6. The number of nitrogens with zero attached hydrogens (tertiary/aromatic N) is 8. The molecule has 20 aliphatic rings. The highest BCUT2D eigenvalue weighted by Gasteiger charge is 2.78. The predicted molar refractivity (Wildman–Crippen MR) is 520 cm³/mol. The molecule has 27 heteroatoms. The lowest BCUT2D eigenvalue weighted by Gasteiger charge is -2.64. The molecule has 0 radical (unpaired) electrons. The van der Waals surface area contributed by atoms with Gasteiger partial charge in [-0.05, 0) is 305 Å². The van der Waals surface area contributed by atoms with Crippen molar-refractivity contribution < 1.29 is 83.8 Å². The van der Waals surface area contributed by atoms with Crippen LogP contribution in [0.3, 0.4) is 0 Å². The summed E-state index contributed by atoms with van der Waals surface area (Å²) in [6.07, 6.45) is 33.0. The number of aryl methyl sites for hydroxylation is 1. The summed E-state index contributed by atoms with van der Waals surface area (Å²) in [6, 6.07) is 33.1. The van der Waals surface area contributed by atoms with Crippen molar-refractivity contribution in [1.82, 2.24) is 50.2 Å². The number of likely N-dealkylation sites (tertiary alicyclic amines) is 4. The molecule has 4 saturated heterocycles. The Bertz CT molecular complexity index is 6600. The number of hydrogen-bond donors (Lipinski definition) is 10. The van der Waals surface area contributed by atoms with Crippen LogP contribution in [0.4, 0.5) is 0 Å². The lowest BCUT2D eigenvalue weighted by Crippen LogP contribution is -2.78. The Kier molecular flexibility index (Phi) is 21.2. The highest BCUT2D eigenvalue weighted by Crippen LogP contribution is 2.73. The van der Waals surface area contributed by atoms with Crippen LogP contribution in [0.15, 0.2) is 153 Å². The maximum atomic E-state index is 13.4. The summed E-state index contributed by atoms with van der Waals surface area (Å²) in [5.41, 5.74) is 5.74. The number of aliphatic hydroxyl groups is 4. The van der Waals surface area contributed by atoms with E-state index < -0.39 is 50.2 Å². The maximum Gasteiger partial charge on any atom is 0.270 e. The van der Waals surface area contributed by atoms with Crippen molar-refractivity contribution in [2.75, 3.05) is 58.9 Å². The van der Waals surface area contributed by atoms with Gasteiger partial charge in [0.15, 0.2) is 63.3 Å². The van der Waals surface area contributed by atoms with Crippen LogP contribution in [-0.2, 0) is 52.1 Å². The normalized spacial score (nSPS) is 34.6. The number of aromatic hydroxyl groups is 4. The number of Topliss-reactive ketones (excluding diaryl/α,β-unsaturated/α-hetero) is 3. The van der Waals surface area contributed by atoms with E-state index in [2.05, 4.69) is 50.2 Å². The Morgan fingerprint density at radius 1 is 0.390 bits per heavy atom. The summed E-state index contributed by atoms with van der Waals surface area (Å²) < 4.78 is 26.2. The van der Waals surface area contributed by atoms with Gasteiger partial charge in [-0.3, -0.25) is 63.5 Å². The number of phenolic OH excluding ortho intramolecular Hbond substituents is 4. The van der Waals surface area contributed by atoms with Gasteiger partial charge in [0.05, 0.1) is 56.7 Å². The standard InChI is InChI=1S/C30H31N3O4.C29H33N3O5.C28H32N2O4.C27H30N2O4/c34-23-8-7-19-14-24-30(36)10-9-21(32-28(35)22-13-18-3-1-2-4-20(18)15-31-22)27-29(30,25(19)26(23)37-27)11-12-33(24)16-17-5-6-17;33-21(15-31-27(35)18-6-10-30-11-7-18)13-20-5-8-29(36)23-14-19-3-4-22(34)25-24(19)28(29,26(20)37-25)9-12-32(23)16-17-1-2-17;1-16-14-29-10-7-20(16)22(32)12-19-6-8-28(33)23-13-18-4-5-21(31)25-24(18)27(28,26(19)34-25)9-11-30(23)15-17-2-3-17;30-20-4-3-18-14-22-27(32)8-5-19(13-21(31)17-6-10-28-11-7-17)25-26(27,23(18)24(20)33-25)9-12-29(22)15-16-1-2-16/h1-4,7-8,13,15,17,21,24,27,34,36H,5-6,9-12,14,16H2,(H,32,35);3-4,6-7,10-11,17,20,23,26,34,36H,1-2,5,8-9,12-16H2,(H,31,35);4-5,7,10,14,17,19,23,26,31,33H,2-3,6,8-9,11-13,15H2,1H3;3-4,6-7,10-11,16,19,22,25,30,32H,1-2,5,8-9,12-15H2/t21-,24+,27-,29-,30+;20-,23+,26-,28-,29+;19-,23+,26-,27-,28+;19-,22+,25-,26-,27+/m0000/s1. The van der Waals surface area contributed by atoms with Gasteiger partial charge >= 0.3 is 0 Å². The first-order chi connectivity index (χ1) is 68.3. The summed E-state index contributed by atoms with van der Waals surface area (Å²) in [4.78, 5) is 92.0. The molecule has 734 valence electrons. The summed E-state index contributed by atoms with van der Waals surface area (Å²) in [5.74, 6) is 5.14. The van der Waals surface area contributed by atoms with Gasteiger partial charge in [0.2, 0.25) is 0 Å². The minimum absolute atomic E-state index is 0.000627. The average molecular weight is 1910 g/mol. The topological polar surface area (TPSA) is 373 Å². The monoisotopic (exact) mass is 1910 g/mol. The Hall–Kier alpha value is -11.0. The van der Waals surface area contributed by atoms with Crippen molar-refractivity contribution >= 4 is 39.9 Å².